The molecule has 0 aromatic carbocycles. The van der Waals surface area contributed by atoms with Crippen molar-refractivity contribution >= 4 is 17.2 Å². The van der Waals surface area contributed by atoms with Crippen molar-refractivity contribution in [2.24, 2.45) is 0 Å². The van der Waals surface area contributed by atoms with Crippen LogP contribution in [0.5, 0.6) is 0 Å². The van der Waals surface area contributed by atoms with Gasteiger partial charge in [0.1, 0.15) is 0 Å². The fourth-order valence-electron chi connectivity index (χ4n) is 2.41. The Labute approximate surface area is 189 Å². The molecule has 6 nitrogen and oxygen atoms in total. The highest BCUT2D eigenvalue weighted by atomic mass is 31.2. The zero-order chi connectivity index (χ0) is 22.1. The van der Waals surface area contributed by atoms with Crippen LogP contribution in [0.1, 0.15) is 105 Å². The van der Waals surface area contributed by atoms with Crippen LogP contribution >= 0.6 is 17.2 Å². The molecular weight excluding hydrogens is 422 g/mol. The van der Waals surface area contributed by atoms with Crippen LogP contribution in [0, 0.1) is 0 Å². The molecule has 0 unspecified atom stereocenters. The fraction of sp³-hybridized carbons (Fsp3) is 1.00. The first-order valence-corrected chi connectivity index (χ1v) is 14.3. The highest BCUT2D eigenvalue weighted by molar-refractivity contribution is 7.42. The van der Waals surface area contributed by atoms with Gasteiger partial charge in [0.15, 0.2) is 0 Å². The summed E-state index contributed by atoms with van der Waals surface area (Å²) in [5, 5.41) is 0. The summed E-state index contributed by atoms with van der Waals surface area (Å²) in [6.45, 7) is 12.3. The van der Waals surface area contributed by atoms with Crippen molar-refractivity contribution < 1.29 is 27.1 Å². The SMILES string of the molecule is CCCCCOP(OCCCCC)OCCOP(OCCCCC)OCCCCC. The molecule has 0 aromatic heterocycles. The smallest absolute Gasteiger partial charge is 0.312 e. The molecule has 182 valence electrons. The lowest BCUT2D eigenvalue weighted by atomic mass is 10.3. The Bertz CT molecular complexity index is 272. The van der Waals surface area contributed by atoms with Crippen LogP contribution in [0.15, 0.2) is 0 Å². The zero-order valence-electron chi connectivity index (χ0n) is 20.1. The van der Waals surface area contributed by atoms with Gasteiger partial charge in [0.2, 0.25) is 0 Å². The zero-order valence-corrected chi connectivity index (χ0v) is 21.9. The van der Waals surface area contributed by atoms with Crippen molar-refractivity contribution in [2.75, 3.05) is 39.6 Å². The van der Waals surface area contributed by atoms with E-state index in [-0.39, 0.29) is 0 Å². The molecule has 0 radical (unpaired) electrons. The summed E-state index contributed by atoms with van der Waals surface area (Å²) in [5.41, 5.74) is 0. The fourth-order valence-corrected chi connectivity index (χ4v) is 4.42. The summed E-state index contributed by atoms with van der Waals surface area (Å²) in [4.78, 5) is 0. The van der Waals surface area contributed by atoms with Gasteiger partial charge in [-0.2, -0.15) is 0 Å². The van der Waals surface area contributed by atoms with Crippen LogP contribution in [0.3, 0.4) is 0 Å². The molecule has 0 atom stereocenters. The van der Waals surface area contributed by atoms with E-state index in [0.717, 1.165) is 51.4 Å². The first-order valence-electron chi connectivity index (χ1n) is 12.2. The molecule has 0 fully saturated rings. The molecule has 0 aliphatic carbocycles. The molecule has 0 amide bonds. The standard InChI is InChI=1S/C22H48O6P2/c1-5-9-13-17-23-29(24-18-14-10-6-2)27-21-22-28-30(25-19-15-11-7-3)26-20-16-12-8-4/h5-22H2,1-4H3. The molecule has 0 aliphatic heterocycles. The molecule has 0 aromatic rings. The van der Waals surface area contributed by atoms with E-state index in [1.165, 1.54) is 25.7 Å². The minimum Gasteiger partial charge on any atom is -0.312 e. The van der Waals surface area contributed by atoms with Crippen LogP contribution < -0.4 is 0 Å². The molecule has 0 rings (SSSR count). The summed E-state index contributed by atoms with van der Waals surface area (Å²) in [7, 11) is -2.62. The maximum absolute atomic E-state index is 5.83. The van der Waals surface area contributed by atoms with Crippen LogP contribution in [0.25, 0.3) is 0 Å². The molecule has 0 spiro atoms. The molecular formula is C22H48O6P2. The van der Waals surface area contributed by atoms with Gasteiger partial charge in [-0.1, -0.05) is 79.1 Å². The third kappa shape index (κ3) is 21.8. The Kier molecular flexibility index (Phi) is 26.4. The molecule has 0 saturated carbocycles. The van der Waals surface area contributed by atoms with Crippen LogP contribution in [-0.2, 0) is 27.1 Å². The summed E-state index contributed by atoms with van der Waals surface area (Å²) in [6.07, 6.45) is 13.5. The maximum atomic E-state index is 5.83. The number of rotatable bonds is 25. The van der Waals surface area contributed by atoms with Gasteiger partial charge in [-0.05, 0) is 25.7 Å². The lowest BCUT2D eigenvalue weighted by Gasteiger charge is -2.19. The molecule has 30 heavy (non-hydrogen) atoms. The van der Waals surface area contributed by atoms with Crippen LogP contribution in [0.2, 0.25) is 0 Å². The van der Waals surface area contributed by atoms with Gasteiger partial charge >= 0.3 is 17.2 Å². The summed E-state index contributed by atoms with van der Waals surface area (Å²) in [6, 6.07) is 0. The first kappa shape index (κ1) is 30.6. The van der Waals surface area contributed by atoms with Gasteiger partial charge in [-0.15, -0.1) is 0 Å². The minimum atomic E-state index is -1.31. The summed E-state index contributed by atoms with van der Waals surface area (Å²) in [5.74, 6) is 0. The van der Waals surface area contributed by atoms with E-state index >= 15 is 0 Å². The molecule has 0 aliphatic rings. The second kappa shape index (κ2) is 25.9. The third-order valence-electron chi connectivity index (χ3n) is 4.26. The Morgan fingerprint density at radius 1 is 0.333 bits per heavy atom. The van der Waals surface area contributed by atoms with Gasteiger partial charge < -0.3 is 27.1 Å². The largest absolute Gasteiger partial charge is 0.332 e. The highest BCUT2D eigenvalue weighted by Gasteiger charge is 2.15. The number of unbranched alkanes of at least 4 members (excludes halogenated alkanes) is 8. The van der Waals surface area contributed by atoms with E-state index in [1.807, 2.05) is 0 Å². The minimum absolute atomic E-state index is 0.419. The number of hydrogen-bond acceptors (Lipinski definition) is 6. The van der Waals surface area contributed by atoms with Gasteiger partial charge in [-0.3, -0.25) is 0 Å². The molecule has 8 heteroatoms. The van der Waals surface area contributed by atoms with E-state index in [2.05, 4.69) is 27.7 Å². The first-order chi connectivity index (χ1) is 14.8. The van der Waals surface area contributed by atoms with Gasteiger partial charge in [0, 0.05) is 0 Å². The van der Waals surface area contributed by atoms with Crippen molar-refractivity contribution in [3.05, 3.63) is 0 Å². The van der Waals surface area contributed by atoms with Crippen molar-refractivity contribution in [1.29, 1.82) is 0 Å². The normalized spacial score (nSPS) is 11.8. The van der Waals surface area contributed by atoms with Crippen molar-refractivity contribution in [2.45, 2.75) is 105 Å². The quantitative estimate of drug-likeness (QED) is 0.0988. The van der Waals surface area contributed by atoms with Gasteiger partial charge in [-0.25, -0.2) is 0 Å². The van der Waals surface area contributed by atoms with E-state index in [0.29, 0.717) is 39.6 Å². The third-order valence-corrected chi connectivity index (χ3v) is 6.62. The predicted octanol–water partition coefficient (Wildman–Crippen LogP) is 8.30. The molecule has 0 bridgehead atoms. The second-order valence-electron chi connectivity index (χ2n) is 7.27. The lowest BCUT2D eigenvalue weighted by Crippen LogP contribution is -2.06. The topological polar surface area (TPSA) is 55.4 Å². The van der Waals surface area contributed by atoms with Crippen LogP contribution in [-0.4, -0.2) is 39.6 Å². The maximum Gasteiger partial charge on any atom is 0.332 e. The van der Waals surface area contributed by atoms with E-state index in [4.69, 9.17) is 27.1 Å². The number of hydrogen-bond donors (Lipinski definition) is 0. The van der Waals surface area contributed by atoms with E-state index < -0.39 is 17.2 Å². The van der Waals surface area contributed by atoms with Gasteiger partial charge in [0.25, 0.3) is 0 Å². The Morgan fingerprint density at radius 3 is 0.800 bits per heavy atom. The van der Waals surface area contributed by atoms with Crippen LogP contribution in [0.4, 0.5) is 0 Å². The lowest BCUT2D eigenvalue weighted by molar-refractivity contribution is 0.114. The molecule has 0 saturated heterocycles. The van der Waals surface area contributed by atoms with Gasteiger partial charge in [0.05, 0.1) is 39.6 Å². The Morgan fingerprint density at radius 2 is 0.567 bits per heavy atom. The molecule has 0 heterocycles. The summed E-state index contributed by atoms with van der Waals surface area (Å²) < 4.78 is 35.0. The monoisotopic (exact) mass is 470 g/mol. The average Bonchev–Trinajstić information content (AvgIpc) is 2.76. The highest BCUT2D eigenvalue weighted by Crippen LogP contribution is 2.42. The van der Waals surface area contributed by atoms with E-state index in [1.54, 1.807) is 0 Å². The van der Waals surface area contributed by atoms with Crippen molar-refractivity contribution in [3.8, 4) is 0 Å². The second-order valence-corrected chi connectivity index (χ2v) is 9.72. The average molecular weight is 471 g/mol. The predicted molar refractivity (Wildman–Crippen MR) is 128 cm³/mol. The van der Waals surface area contributed by atoms with Crippen molar-refractivity contribution in [1.82, 2.24) is 0 Å². The Balaban J connectivity index is 4.17. The van der Waals surface area contributed by atoms with Crippen molar-refractivity contribution in [3.63, 3.8) is 0 Å². The van der Waals surface area contributed by atoms with E-state index in [9.17, 15) is 0 Å². The Hall–Kier alpha value is 0.620. The molecule has 0 N–H and O–H groups in total. The summed E-state index contributed by atoms with van der Waals surface area (Å²) >= 11 is 0.